The maximum Gasteiger partial charge on any atom is 0.432 e. The summed E-state index contributed by atoms with van der Waals surface area (Å²) in [5, 5.41) is 2.42. The predicted molar refractivity (Wildman–Crippen MR) is 112 cm³/mol. The summed E-state index contributed by atoms with van der Waals surface area (Å²) in [6.45, 7) is 3.56. The van der Waals surface area contributed by atoms with Crippen LogP contribution < -0.4 is 10.1 Å². The highest BCUT2D eigenvalue weighted by Crippen LogP contribution is 2.33. The van der Waals surface area contributed by atoms with Crippen LogP contribution in [0.5, 0.6) is 5.75 Å². The fourth-order valence-electron chi connectivity index (χ4n) is 2.60. The van der Waals surface area contributed by atoms with Gasteiger partial charge in [-0.25, -0.2) is 9.37 Å². The molecule has 0 aliphatic rings. The van der Waals surface area contributed by atoms with Crippen LogP contribution in [0.4, 0.5) is 23.2 Å². The van der Waals surface area contributed by atoms with Crippen molar-refractivity contribution in [2.75, 3.05) is 5.32 Å². The van der Waals surface area contributed by atoms with Crippen molar-refractivity contribution in [2.24, 2.45) is 0 Å². The Kier molecular flexibility index (Phi) is 6.75. The SMILES string of the molecule is CC(C)Oc1ccc(-c2ncc(C(F)(F)F)[nH]2)cc1NC(=O)C#Cc1ccc(F)c(Cl)c1. The van der Waals surface area contributed by atoms with E-state index in [1.165, 1.54) is 30.3 Å². The Morgan fingerprint density at radius 3 is 2.59 bits per heavy atom. The van der Waals surface area contributed by atoms with Crippen molar-refractivity contribution < 1.29 is 27.1 Å². The van der Waals surface area contributed by atoms with Crippen LogP contribution in [0.1, 0.15) is 25.1 Å². The van der Waals surface area contributed by atoms with E-state index >= 15 is 0 Å². The monoisotopic (exact) mass is 465 g/mol. The Labute approximate surface area is 185 Å². The molecule has 2 N–H and O–H groups in total. The van der Waals surface area contributed by atoms with Gasteiger partial charge in [0.2, 0.25) is 0 Å². The summed E-state index contributed by atoms with van der Waals surface area (Å²) < 4.78 is 57.5. The number of nitrogens with zero attached hydrogens (tertiary/aromatic N) is 1. The van der Waals surface area contributed by atoms with Crippen molar-refractivity contribution >= 4 is 23.2 Å². The van der Waals surface area contributed by atoms with Crippen LogP contribution in [0.3, 0.4) is 0 Å². The van der Waals surface area contributed by atoms with Crippen LogP contribution >= 0.6 is 11.6 Å². The van der Waals surface area contributed by atoms with Crippen LogP contribution in [0.25, 0.3) is 11.4 Å². The molecule has 1 amide bonds. The van der Waals surface area contributed by atoms with Crippen molar-refractivity contribution in [3.63, 3.8) is 0 Å². The van der Waals surface area contributed by atoms with Gasteiger partial charge < -0.3 is 15.0 Å². The average Bonchev–Trinajstić information content (AvgIpc) is 3.21. The Bertz CT molecular complexity index is 1210. The highest BCUT2D eigenvalue weighted by molar-refractivity contribution is 6.30. The molecule has 0 spiro atoms. The van der Waals surface area contributed by atoms with E-state index in [4.69, 9.17) is 16.3 Å². The number of amides is 1. The van der Waals surface area contributed by atoms with Gasteiger partial charge in [-0.05, 0) is 50.2 Å². The van der Waals surface area contributed by atoms with Crippen LogP contribution in [0.15, 0.2) is 42.6 Å². The summed E-state index contributed by atoms with van der Waals surface area (Å²) in [6, 6.07) is 8.21. The Morgan fingerprint density at radius 1 is 1.22 bits per heavy atom. The summed E-state index contributed by atoms with van der Waals surface area (Å²) in [5.41, 5.74) is -0.179. The third-order valence-corrected chi connectivity index (χ3v) is 4.27. The molecule has 0 unspecified atom stereocenters. The lowest BCUT2D eigenvalue weighted by Gasteiger charge is -2.15. The second-order valence-electron chi connectivity index (χ2n) is 6.85. The number of carbonyl (C=O) groups is 1. The number of ether oxygens (including phenoxy) is 1. The minimum absolute atomic E-state index is 0.0315. The zero-order chi connectivity index (χ0) is 23.5. The number of aromatic nitrogens is 2. The summed E-state index contributed by atoms with van der Waals surface area (Å²) in [6.07, 6.45) is -4.11. The molecule has 2 aromatic carbocycles. The molecule has 0 saturated heterocycles. The number of H-pyrrole nitrogens is 1. The van der Waals surface area contributed by atoms with Gasteiger partial charge in [0.15, 0.2) is 0 Å². The molecule has 10 heteroatoms. The third-order valence-electron chi connectivity index (χ3n) is 3.99. The number of anilines is 1. The minimum atomic E-state index is -4.57. The third kappa shape index (κ3) is 5.80. The summed E-state index contributed by atoms with van der Waals surface area (Å²) in [7, 11) is 0. The van der Waals surface area contributed by atoms with E-state index < -0.39 is 23.6 Å². The molecule has 0 atom stereocenters. The average molecular weight is 466 g/mol. The maximum atomic E-state index is 13.2. The quantitative estimate of drug-likeness (QED) is 0.385. The van der Waals surface area contributed by atoms with Crippen molar-refractivity contribution in [1.82, 2.24) is 9.97 Å². The number of benzene rings is 2. The highest BCUT2D eigenvalue weighted by atomic mass is 35.5. The Balaban J connectivity index is 1.88. The number of halogens is 5. The lowest BCUT2D eigenvalue weighted by Crippen LogP contribution is -2.13. The van der Waals surface area contributed by atoms with Gasteiger partial charge in [0.05, 0.1) is 23.0 Å². The summed E-state index contributed by atoms with van der Waals surface area (Å²) >= 11 is 5.69. The van der Waals surface area contributed by atoms with E-state index in [1.807, 2.05) is 0 Å². The first-order valence-electron chi connectivity index (χ1n) is 9.24. The molecule has 0 fully saturated rings. The molecule has 5 nitrogen and oxygen atoms in total. The second-order valence-corrected chi connectivity index (χ2v) is 7.26. The number of hydrogen-bond donors (Lipinski definition) is 2. The van der Waals surface area contributed by atoms with Gasteiger partial charge in [-0.2, -0.15) is 13.2 Å². The molecule has 0 aliphatic heterocycles. The van der Waals surface area contributed by atoms with Crippen molar-refractivity contribution in [3.8, 4) is 29.0 Å². The largest absolute Gasteiger partial charge is 0.489 e. The van der Waals surface area contributed by atoms with E-state index in [0.717, 1.165) is 6.07 Å². The smallest absolute Gasteiger partial charge is 0.432 e. The lowest BCUT2D eigenvalue weighted by molar-refractivity contribution is -0.140. The normalized spacial score (nSPS) is 11.1. The Hall–Kier alpha value is -3.51. The number of hydrogen-bond acceptors (Lipinski definition) is 3. The topological polar surface area (TPSA) is 67.0 Å². The molecule has 1 aromatic heterocycles. The number of carbonyl (C=O) groups excluding carboxylic acids is 1. The molecule has 1 heterocycles. The fraction of sp³-hybridized carbons (Fsp3) is 0.182. The van der Waals surface area contributed by atoms with E-state index in [2.05, 4.69) is 27.1 Å². The minimum Gasteiger partial charge on any atom is -0.489 e. The first kappa shape index (κ1) is 23.2. The van der Waals surface area contributed by atoms with Gasteiger partial charge >= 0.3 is 12.1 Å². The zero-order valence-corrected chi connectivity index (χ0v) is 17.5. The number of nitrogens with one attached hydrogen (secondary N) is 2. The summed E-state index contributed by atoms with van der Waals surface area (Å²) in [4.78, 5) is 18.3. The van der Waals surface area contributed by atoms with Gasteiger partial charge in [0, 0.05) is 17.0 Å². The zero-order valence-electron chi connectivity index (χ0n) is 16.8. The van der Waals surface area contributed by atoms with Gasteiger partial charge in [0.1, 0.15) is 23.1 Å². The molecule has 0 saturated carbocycles. The molecule has 0 aliphatic carbocycles. The van der Waals surface area contributed by atoms with Gasteiger partial charge in [-0.1, -0.05) is 17.5 Å². The van der Waals surface area contributed by atoms with E-state index in [1.54, 1.807) is 13.8 Å². The van der Waals surface area contributed by atoms with E-state index in [0.29, 0.717) is 23.1 Å². The van der Waals surface area contributed by atoms with Gasteiger partial charge in [-0.15, -0.1) is 0 Å². The van der Waals surface area contributed by atoms with E-state index in [9.17, 15) is 22.4 Å². The van der Waals surface area contributed by atoms with Gasteiger partial charge in [0.25, 0.3) is 0 Å². The Morgan fingerprint density at radius 2 is 1.97 bits per heavy atom. The standard InChI is InChI=1S/C22H16ClF4N3O2/c1-12(2)32-18-7-5-14(21-28-11-19(30-21)22(25,26)27)10-17(18)29-20(31)8-4-13-3-6-16(24)15(23)9-13/h3,5-7,9-12H,1-2H3,(H,28,30)(H,29,31). The van der Waals surface area contributed by atoms with Crippen molar-refractivity contribution in [1.29, 1.82) is 0 Å². The molecule has 3 aromatic rings. The first-order chi connectivity index (χ1) is 15.0. The fourth-order valence-corrected chi connectivity index (χ4v) is 2.78. The van der Waals surface area contributed by atoms with Gasteiger partial charge in [-0.3, -0.25) is 4.79 Å². The second kappa shape index (κ2) is 9.32. The molecule has 0 radical (unpaired) electrons. The van der Waals surface area contributed by atoms with Crippen LogP contribution in [-0.4, -0.2) is 22.0 Å². The number of imidazole rings is 1. The molecule has 3 rings (SSSR count). The van der Waals surface area contributed by atoms with Crippen molar-refractivity contribution in [3.05, 3.63) is 64.7 Å². The number of aromatic amines is 1. The predicted octanol–water partition coefficient (Wildman–Crippen LogP) is 5.67. The van der Waals surface area contributed by atoms with Crippen LogP contribution in [0.2, 0.25) is 5.02 Å². The maximum absolute atomic E-state index is 13.2. The lowest BCUT2D eigenvalue weighted by atomic mass is 10.1. The van der Waals surface area contributed by atoms with Crippen LogP contribution in [0, 0.1) is 17.7 Å². The number of alkyl halides is 3. The molecular weight excluding hydrogens is 450 g/mol. The van der Waals surface area contributed by atoms with Crippen molar-refractivity contribution in [2.45, 2.75) is 26.1 Å². The first-order valence-corrected chi connectivity index (χ1v) is 9.62. The molecule has 32 heavy (non-hydrogen) atoms. The highest BCUT2D eigenvalue weighted by Gasteiger charge is 2.33. The number of rotatable bonds is 4. The molecule has 0 bridgehead atoms. The van der Waals surface area contributed by atoms with E-state index in [-0.39, 0.29) is 22.6 Å². The van der Waals surface area contributed by atoms with Crippen LogP contribution in [-0.2, 0) is 11.0 Å². The summed E-state index contributed by atoms with van der Waals surface area (Å²) in [5.74, 6) is 3.85. The molecular formula is C22H16ClF4N3O2. The molecule has 166 valence electrons.